The third kappa shape index (κ3) is 7.49. The van der Waals surface area contributed by atoms with Crippen LogP contribution in [-0.2, 0) is 4.74 Å². The van der Waals surface area contributed by atoms with Gasteiger partial charge in [0.25, 0.3) is 0 Å². The Kier molecular flexibility index (Phi) is 8.14. The van der Waals surface area contributed by atoms with Crippen LogP contribution in [0.5, 0.6) is 0 Å². The predicted octanol–water partition coefficient (Wildman–Crippen LogP) is 1.71. The predicted molar refractivity (Wildman–Crippen MR) is 73.5 cm³/mol. The molecule has 1 unspecified atom stereocenters. The molecule has 0 spiro atoms. The first-order chi connectivity index (χ1) is 7.78. The minimum absolute atomic E-state index is 0. The number of alkyl carbamates (subject to hydrolysis) is 1. The molecule has 1 atom stereocenters. The summed E-state index contributed by atoms with van der Waals surface area (Å²) < 4.78 is 5.18. The number of carbonyl (C=O) groups excluding carboxylic acids is 1. The van der Waals surface area contributed by atoms with Gasteiger partial charge in [-0.15, -0.1) is 0 Å². The zero-order chi connectivity index (χ0) is 13.1. The van der Waals surface area contributed by atoms with Crippen molar-refractivity contribution in [3.05, 3.63) is 29.8 Å². The summed E-state index contributed by atoms with van der Waals surface area (Å²) in [4.78, 5) is 11.6. The Bertz CT molecular complexity index is 387. The SMILES string of the molecule is [B+2]c1ccc(C(C)NC(=O)OC(C)(C)C)cc1.[OH-].[OH-]. The molecule has 1 rings (SSSR count). The minimum atomic E-state index is -0.481. The van der Waals surface area contributed by atoms with Crippen molar-refractivity contribution in [1.29, 1.82) is 0 Å². The van der Waals surface area contributed by atoms with E-state index in [1.165, 1.54) is 0 Å². The van der Waals surface area contributed by atoms with E-state index in [2.05, 4.69) is 5.32 Å². The van der Waals surface area contributed by atoms with E-state index < -0.39 is 11.7 Å². The van der Waals surface area contributed by atoms with Gasteiger partial charge in [0.2, 0.25) is 0 Å². The van der Waals surface area contributed by atoms with Crippen LogP contribution in [0.3, 0.4) is 0 Å². The first-order valence-electron chi connectivity index (χ1n) is 5.63. The van der Waals surface area contributed by atoms with Gasteiger partial charge in [-0.2, -0.15) is 0 Å². The molecule has 0 saturated heterocycles. The van der Waals surface area contributed by atoms with E-state index in [9.17, 15) is 4.79 Å². The molecule has 0 radical (unpaired) electrons. The number of hydrogen-bond acceptors (Lipinski definition) is 4. The van der Waals surface area contributed by atoms with E-state index in [1.807, 2.05) is 52.0 Å². The Labute approximate surface area is 115 Å². The van der Waals surface area contributed by atoms with E-state index in [4.69, 9.17) is 12.6 Å². The largest absolute Gasteiger partial charge is 0.870 e. The molecular formula is C13H20BNO4. The maximum absolute atomic E-state index is 11.6. The summed E-state index contributed by atoms with van der Waals surface area (Å²) in [5, 5.41) is 2.77. The molecule has 1 amide bonds. The van der Waals surface area contributed by atoms with E-state index in [0.717, 1.165) is 5.56 Å². The maximum atomic E-state index is 11.6. The standard InChI is InChI=1S/C13H18BNO2.2H2O/c1-9(10-5-7-11(14)8-6-10)15-12(16)17-13(2,3)4;;/h5-9H,1-4H3,(H,15,16);2*1H2/q+2;;/p-2. The summed E-state index contributed by atoms with van der Waals surface area (Å²) in [6.07, 6.45) is -0.415. The molecule has 6 heteroatoms. The van der Waals surface area contributed by atoms with Crippen LogP contribution in [0.15, 0.2) is 24.3 Å². The molecule has 0 saturated carbocycles. The molecule has 0 fully saturated rings. The maximum Gasteiger partial charge on any atom is -0.870 e. The third-order valence-corrected chi connectivity index (χ3v) is 2.17. The molecule has 0 heterocycles. The Morgan fingerprint density at radius 1 is 1.21 bits per heavy atom. The Balaban J connectivity index is 0. The van der Waals surface area contributed by atoms with Crippen LogP contribution < -0.4 is 10.8 Å². The first-order valence-corrected chi connectivity index (χ1v) is 5.63. The summed E-state index contributed by atoms with van der Waals surface area (Å²) >= 11 is 0. The monoisotopic (exact) mass is 265 g/mol. The zero-order valence-corrected chi connectivity index (χ0v) is 11.7. The number of amides is 1. The van der Waals surface area contributed by atoms with Gasteiger partial charge >= 0.3 is 103 Å². The Morgan fingerprint density at radius 3 is 2.11 bits per heavy atom. The smallest absolute Gasteiger partial charge is 0.870 e. The van der Waals surface area contributed by atoms with Gasteiger partial charge in [0.05, 0.1) is 0 Å². The molecule has 104 valence electrons. The normalized spacial score (nSPS) is 11.7. The van der Waals surface area contributed by atoms with Crippen molar-refractivity contribution in [3.63, 3.8) is 0 Å². The topological polar surface area (TPSA) is 98.3 Å². The minimum Gasteiger partial charge on any atom is -0.870 e. The molecule has 0 aliphatic rings. The average Bonchev–Trinajstić information content (AvgIpc) is 2.15. The van der Waals surface area contributed by atoms with Crippen LogP contribution >= 0.6 is 0 Å². The summed E-state index contributed by atoms with van der Waals surface area (Å²) in [5.41, 5.74) is 1.22. The molecule has 3 N–H and O–H groups in total. The molecule has 19 heavy (non-hydrogen) atoms. The van der Waals surface area contributed by atoms with Gasteiger partial charge < -0.3 is 11.0 Å². The van der Waals surface area contributed by atoms with Gasteiger partial charge in [-0.3, -0.25) is 0 Å². The molecule has 0 aliphatic heterocycles. The molecule has 1 aromatic carbocycles. The molecular weight excluding hydrogens is 245 g/mol. The van der Waals surface area contributed by atoms with E-state index in [0.29, 0.717) is 5.46 Å². The van der Waals surface area contributed by atoms with Gasteiger partial charge in [-0.05, 0) is 0 Å². The summed E-state index contributed by atoms with van der Waals surface area (Å²) in [6.45, 7) is 7.40. The quantitative estimate of drug-likeness (QED) is 0.823. The number of hydrogen-bond donors (Lipinski definition) is 1. The van der Waals surface area contributed by atoms with E-state index in [1.54, 1.807) is 0 Å². The van der Waals surface area contributed by atoms with Crippen LogP contribution in [0.1, 0.15) is 39.3 Å². The fourth-order valence-electron chi connectivity index (χ4n) is 1.35. The molecule has 0 aromatic heterocycles. The van der Waals surface area contributed by atoms with E-state index in [-0.39, 0.29) is 17.0 Å². The van der Waals surface area contributed by atoms with Gasteiger partial charge in [0, 0.05) is 0 Å². The summed E-state index contributed by atoms with van der Waals surface area (Å²) in [6, 6.07) is 7.28. The fraction of sp³-hybridized carbons (Fsp3) is 0.462. The second kappa shape index (κ2) is 7.81. The van der Waals surface area contributed by atoms with Crippen LogP contribution in [-0.4, -0.2) is 30.5 Å². The van der Waals surface area contributed by atoms with Crippen LogP contribution in [0.4, 0.5) is 4.79 Å². The Morgan fingerprint density at radius 2 is 1.68 bits per heavy atom. The van der Waals surface area contributed by atoms with Crippen molar-refractivity contribution >= 4 is 19.4 Å². The second-order valence-electron chi connectivity index (χ2n) is 5.03. The van der Waals surface area contributed by atoms with E-state index >= 15 is 0 Å². The van der Waals surface area contributed by atoms with Crippen molar-refractivity contribution in [3.8, 4) is 0 Å². The van der Waals surface area contributed by atoms with Crippen LogP contribution in [0.25, 0.3) is 0 Å². The van der Waals surface area contributed by atoms with Gasteiger partial charge in [0.15, 0.2) is 0 Å². The molecule has 1 aromatic rings. The number of nitrogens with one attached hydrogen (secondary N) is 1. The molecule has 5 nitrogen and oxygen atoms in total. The van der Waals surface area contributed by atoms with Crippen molar-refractivity contribution < 1.29 is 20.5 Å². The van der Waals surface area contributed by atoms with Crippen molar-refractivity contribution in [2.45, 2.75) is 39.3 Å². The molecule has 0 bridgehead atoms. The first kappa shape index (κ1) is 19.8. The Hall–Kier alpha value is -1.53. The summed E-state index contributed by atoms with van der Waals surface area (Å²) in [7, 11) is 5.60. The van der Waals surface area contributed by atoms with Crippen molar-refractivity contribution in [2.75, 3.05) is 0 Å². The number of rotatable bonds is 2. The number of carbonyl (C=O) groups is 1. The third-order valence-electron chi connectivity index (χ3n) is 2.17. The average molecular weight is 265 g/mol. The van der Waals surface area contributed by atoms with Gasteiger partial charge in [0.1, 0.15) is 0 Å². The van der Waals surface area contributed by atoms with Gasteiger partial charge in [-0.1, -0.05) is 0 Å². The molecule has 0 aliphatic carbocycles. The van der Waals surface area contributed by atoms with Crippen molar-refractivity contribution in [2.24, 2.45) is 0 Å². The van der Waals surface area contributed by atoms with Crippen LogP contribution in [0.2, 0.25) is 0 Å². The van der Waals surface area contributed by atoms with Crippen molar-refractivity contribution in [1.82, 2.24) is 5.32 Å². The van der Waals surface area contributed by atoms with Crippen LogP contribution in [0, 0.1) is 0 Å². The second-order valence-corrected chi connectivity index (χ2v) is 5.03. The summed E-state index contributed by atoms with van der Waals surface area (Å²) in [5.74, 6) is 0. The number of ether oxygens (including phenoxy) is 1. The van der Waals surface area contributed by atoms with Gasteiger partial charge in [-0.25, -0.2) is 0 Å². The zero-order valence-electron chi connectivity index (χ0n) is 11.7. The number of benzene rings is 1. The fourth-order valence-corrected chi connectivity index (χ4v) is 1.35.